The van der Waals surface area contributed by atoms with E-state index in [0.29, 0.717) is 50.9 Å². The molecule has 0 atom stereocenters. The fourth-order valence-corrected chi connectivity index (χ4v) is 7.25. The van der Waals surface area contributed by atoms with E-state index in [-0.39, 0.29) is 16.6 Å². The molecule has 0 bridgehead atoms. The van der Waals surface area contributed by atoms with Crippen LogP contribution in [-0.4, -0.2) is 92.8 Å². The maximum absolute atomic E-state index is 12.0. The lowest BCUT2D eigenvalue weighted by Gasteiger charge is -2.33. The molecule has 11 nitrogen and oxygen atoms in total. The van der Waals surface area contributed by atoms with E-state index in [1.807, 2.05) is 12.1 Å². The van der Waals surface area contributed by atoms with Crippen LogP contribution in [0.4, 0.5) is 16.8 Å². The molecule has 43 heavy (non-hydrogen) atoms. The van der Waals surface area contributed by atoms with Crippen LogP contribution < -0.4 is 15.2 Å². The lowest BCUT2D eigenvalue weighted by Crippen LogP contribution is -2.48. The standard InChI is InChI=1S/C30H43N7O4S2/c1-29(2,3)21-16-20(25(38)22(17-21)30(4,5)6)19-31-34-28-32-23-18-24(35-8-10-37(11-9-35)43(7,39)40)42-26(23)27(33-28)36-12-14-41-15-13-36/h16-19,38H,8-15H2,1-7H3,(H,32,33,34)/b31-19+. The first kappa shape index (κ1) is 31.4. The topological polar surface area (TPSA) is 123 Å². The summed E-state index contributed by atoms with van der Waals surface area (Å²) in [5.74, 6) is 1.40. The predicted octanol–water partition coefficient (Wildman–Crippen LogP) is 4.36. The van der Waals surface area contributed by atoms with Crippen molar-refractivity contribution >= 4 is 54.6 Å². The Morgan fingerprint density at radius 2 is 1.63 bits per heavy atom. The fraction of sp³-hybridized carbons (Fsp3) is 0.567. The van der Waals surface area contributed by atoms with Gasteiger partial charge in [0.2, 0.25) is 16.0 Å². The smallest absolute Gasteiger partial charge is 0.246 e. The van der Waals surface area contributed by atoms with Crippen molar-refractivity contribution in [3.63, 3.8) is 0 Å². The summed E-state index contributed by atoms with van der Waals surface area (Å²) in [5.41, 5.74) is 6.10. The van der Waals surface area contributed by atoms with E-state index in [1.54, 1.807) is 17.6 Å². The Labute approximate surface area is 258 Å². The second-order valence-corrected chi connectivity index (χ2v) is 16.3. The van der Waals surface area contributed by atoms with Gasteiger partial charge in [0.25, 0.3) is 0 Å². The molecular formula is C30H43N7O4S2. The molecule has 2 aliphatic rings. The monoisotopic (exact) mass is 629 g/mol. The summed E-state index contributed by atoms with van der Waals surface area (Å²) in [6.07, 6.45) is 2.89. The van der Waals surface area contributed by atoms with Gasteiger partial charge in [0.1, 0.15) is 5.75 Å². The molecule has 2 aliphatic heterocycles. The number of ether oxygens (including phenoxy) is 1. The molecule has 5 rings (SSSR count). The SMILES string of the molecule is CC(C)(C)c1cc(/C=N/Nc2nc(N3CCOCC3)c3sc(N4CCN(S(C)(=O)=O)CC4)cc3n2)c(O)c(C(C)(C)C)c1. The molecule has 2 saturated heterocycles. The van der Waals surface area contributed by atoms with E-state index in [9.17, 15) is 13.5 Å². The van der Waals surface area contributed by atoms with Crippen molar-refractivity contribution in [1.82, 2.24) is 14.3 Å². The summed E-state index contributed by atoms with van der Waals surface area (Å²) in [7, 11) is -3.20. The van der Waals surface area contributed by atoms with Gasteiger partial charge in [-0.3, -0.25) is 0 Å². The van der Waals surface area contributed by atoms with Crippen LogP contribution in [0, 0.1) is 0 Å². The number of piperazine rings is 1. The number of phenols is 1. The second kappa shape index (κ2) is 11.8. The van der Waals surface area contributed by atoms with Crippen molar-refractivity contribution in [2.24, 2.45) is 5.10 Å². The Kier molecular flexibility index (Phi) is 8.64. The van der Waals surface area contributed by atoms with Crippen molar-refractivity contribution in [2.45, 2.75) is 52.4 Å². The average molecular weight is 630 g/mol. The number of sulfonamides is 1. The van der Waals surface area contributed by atoms with Crippen LogP contribution in [0.15, 0.2) is 23.3 Å². The molecule has 13 heteroatoms. The number of fused-ring (bicyclic) bond motifs is 1. The Morgan fingerprint density at radius 1 is 0.953 bits per heavy atom. The van der Waals surface area contributed by atoms with Crippen LogP contribution in [-0.2, 0) is 25.6 Å². The Bertz CT molecular complexity index is 1610. The number of nitrogens with zero attached hydrogens (tertiary/aromatic N) is 6. The maximum Gasteiger partial charge on any atom is 0.246 e. The average Bonchev–Trinajstić information content (AvgIpc) is 3.36. The highest BCUT2D eigenvalue weighted by molar-refractivity contribution is 7.88. The third-order valence-corrected chi connectivity index (χ3v) is 10.3. The largest absolute Gasteiger partial charge is 0.507 e. The lowest BCUT2D eigenvalue weighted by molar-refractivity contribution is 0.122. The Balaban J connectivity index is 1.46. The van der Waals surface area contributed by atoms with Crippen LogP contribution in [0.1, 0.15) is 58.2 Å². The number of hydrogen-bond acceptors (Lipinski definition) is 11. The number of benzene rings is 1. The molecule has 0 aliphatic carbocycles. The number of thiophene rings is 1. The van der Waals surface area contributed by atoms with Gasteiger partial charge in [0, 0.05) is 50.4 Å². The molecule has 234 valence electrons. The van der Waals surface area contributed by atoms with Gasteiger partial charge in [-0.25, -0.2) is 18.8 Å². The lowest BCUT2D eigenvalue weighted by atomic mass is 9.79. The number of phenolic OH excluding ortho intramolecular Hbond substituents is 1. The van der Waals surface area contributed by atoms with E-state index in [4.69, 9.17) is 14.7 Å². The number of morpholine rings is 1. The van der Waals surface area contributed by atoms with Crippen LogP contribution in [0.5, 0.6) is 5.75 Å². The van der Waals surface area contributed by atoms with Crippen LogP contribution in [0.3, 0.4) is 0 Å². The molecule has 0 saturated carbocycles. The molecule has 2 N–H and O–H groups in total. The third kappa shape index (κ3) is 7.05. The zero-order valence-corrected chi connectivity index (χ0v) is 27.8. The predicted molar refractivity (Wildman–Crippen MR) is 176 cm³/mol. The Hall–Kier alpha value is -3.00. The zero-order valence-electron chi connectivity index (χ0n) is 26.1. The van der Waals surface area contributed by atoms with Crippen LogP contribution in [0.25, 0.3) is 10.2 Å². The highest BCUT2D eigenvalue weighted by Crippen LogP contribution is 2.39. The molecule has 0 amide bonds. The third-order valence-electron chi connectivity index (χ3n) is 7.85. The van der Waals surface area contributed by atoms with Gasteiger partial charge >= 0.3 is 0 Å². The summed E-state index contributed by atoms with van der Waals surface area (Å²) in [6.45, 7) is 17.6. The van der Waals surface area contributed by atoms with E-state index < -0.39 is 10.0 Å². The van der Waals surface area contributed by atoms with Gasteiger partial charge in [-0.15, -0.1) is 11.3 Å². The summed E-state index contributed by atoms with van der Waals surface area (Å²) in [4.78, 5) is 14.1. The molecule has 0 radical (unpaired) electrons. The van der Waals surface area contributed by atoms with Crippen molar-refractivity contribution in [3.8, 4) is 5.75 Å². The van der Waals surface area contributed by atoms with Crippen molar-refractivity contribution < 1.29 is 18.3 Å². The first-order valence-electron chi connectivity index (χ1n) is 14.6. The van der Waals surface area contributed by atoms with Gasteiger partial charge in [-0.2, -0.15) is 14.4 Å². The highest BCUT2D eigenvalue weighted by atomic mass is 32.2. The maximum atomic E-state index is 12.0. The normalized spacial score (nSPS) is 17.7. The minimum absolute atomic E-state index is 0.0982. The molecule has 2 aromatic heterocycles. The fourth-order valence-electron chi connectivity index (χ4n) is 5.26. The van der Waals surface area contributed by atoms with Crippen LogP contribution in [0.2, 0.25) is 0 Å². The molecule has 0 spiro atoms. The zero-order chi connectivity index (χ0) is 31.2. The minimum atomic E-state index is -3.20. The summed E-state index contributed by atoms with van der Waals surface area (Å²) >= 11 is 1.62. The van der Waals surface area contributed by atoms with Gasteiger partial charge in [0.15, 0.2) is 5.82 Å². The van der Waals surface area contributed by atoms with Gasteiger partial charge in [-0.05, 0) is 28.5 Å². The van der Waals surface area contributed by atoms with E-state index in [2.05, 4.69) is 67.9 Å². The number of hydrazone groups is 1. The number of anilines is 3. The Morgan fingerprint density at radius 3 is 2.23 bits per heavy atom. The van der Waals surface area contributed by atoms with Gasteiger partial charge < -0.3 is 19.6 Å². The van der Waals surface area contributed by atoms with Crippen molar-refractivity contribution in [3.05, 3.63) is 34.9 Å². The number of hydrogen-bond donors (Lipinski definition) is 2. The summed E-state index contributed by atoms with van der Waals surface area (Å²) < 4.78 is 32.1. The number of rotatable bonds is 6. The first-order valence-corrected chi connectivity index (χ1v) is 17.3. The second-order valence-electron chi connectivity index (χ2n) is 13.2. The molecule has 1 aromatic carbocycles. The first-order chi connectivity index (χ1) is 20.1. The molecule has 3 aromatic rings. The van der Waals surface area contributed by atoms with E-state index in [0.717, 1.165) is 45.3 Å². The van der Waals surface area contributed by atoms with Crippen molar-refractivity contribution in [1.29, 1.82) is 0 Å². The van der Waals surface area contributed by atoms with Gasteiger partial charge in [0.05, 0.1) is 40.9 Å². The summed E-state index contributed by atoms with van der Waals surface area (Å²) in [5, 5.41) is 16.6. The molecule has 0 unspecified atom stereocenters. The van der Waals surface area contributed by atoms with Crippen LogP contribution >= 0.6 is 11.3 Å². The van der Waals surface area contributed by atoms with E-state index >= 15 is 0 Å². The quantitative estimate of drug-likeness (QED) is 0.303. The molecule has 4 heterocycles. The number of aromatic hydroxyl groups is 1. The minimum Gasteiger partial charge on any atom is -0.507 e. The summed E-state index contributed by atoms with van der Waals surface area (Å²) in [6, 6.07) is 6.11. The number of aromatic nitrogens is 2. The molecular weight excluding hydrogens is 587 g/mol. The van der Waals surface area contributed by atoms with Crippen molar-refractivity contribution in [2.75, 3.05) is 74.0 Å². The van der Waals surface area contributed by atoms with Gasteiger partial charge in [-0.1, -0.05) is 47.6 Å². The molecule has 2 fully saturated rings. The van der Waals surface area contributed by atoms with E-state index in [1.165, 1.54) is 10.6 Å². The number of nitrogens with one attached hydrogen (secondary N) is 1. The highest BCUT2D eigenvalue weighted by Gasteiger charge is 2.27.